The molecule has 1 aromatic carbocycles. The number of hydrogen-bond acceptors (Lipinski definition) is 7. The molecule has 1 saturated heterocycles. The Bertz CT molecular complexity index is 957. The third-order valence-electron chi connectivity index (χ3n) is 3.67. The van der Waals surface area contributed by atoms with Crippen LogP contribution in [-0.2, 0) is 4.74 Å². The summed E-state index contributed by atoms with van der Waals surface area (Å²) in [7, 11) is 0. The van der Waals surface area contributed by atoms with Crippen molar-refractivity contribution in [3.8, 4) is 0 Å². The molecule has 0 bridgehead atoms. The maximum atomic E-state index is 13.2. The van der Waals surface area contributed by atoms with Crippen LogP contribution in [0.25, 0.3) is 10.2 Å². The van der Waals surface area contributed by atoms with Gasteiger partial charge in [-0.2, -0.15) is 0 Å². The SMILES string of the molecule is O=C(OC1CN(c2nc3ccc(F)cc3s2)C1)c1ccc(=O)oc1. The number of hydrogen-bond donors (Lipinski definition) is 0. The summed E-state index contributed by atoms with van der Waals surface area (Å²) in [6, 6.07) is 7.02. The third-order valence-corrected chi connectivity index (χ3v) is 4.75. The van der Waals surface area contributed by atoms with Crippen LogP contribution >= 0.6 is 11.3 Å². The highest BCUT2D eigenvalue weighted by molar-refractivity contribution is 7.22. The van der Waals surface area contributed by atoms with Gasteiger partial charge in [0, 0.05) is 6.07 Å². The molecule has 0 N–H and O–H groups in total. The molecule has 122 valence electrons. The molecule has 8 heteroatoms. The number of nitrogens with zero attached hydrogens (tertiary/aromatic N) is 2. The molecular weight excluding hydrogens is 335 g/mol. The van der Waals surface area contributed by atoms with Crippen LogP contribution in [0.5, 0.6) is 0 Å². The summed E-state index contributed by atoms with van der Waals surface area (Å²) >= 11 is 1.40. The largest absolute Gasteiger partial charge is 0.455 e. The van der Waals surface area contributed by atoms with Gasteiger partial charge in [0.15, 0.2) is 5.13 Å². The Hall–Kier alpha value is -2.74. The fourth-order valence-corrected chi connectivity index (χ4v) is 3.39. The molecule has 0 spiro atoms. The van der Waals surface area contributed by atoms with Crippen LogP contribution in [0.3, 0.4) is 0 Å². The van der Waals surface area contributed by atoms with Gasteiger partial charge in [0.05, 0.1) is 28.9 Å². The first-order valence-corrected chi connectivity index (χ1v) is 8.01. The molecule has 1 aliphatic heterocycles. The average molecular weight is 346 g/mol. The van der Waals surface area contributed by atoms with E-state index in [4.69, 9.17) is 4.74 Å². The normalized spacial score (nSPS) is 14.6. The number of halogens is 1. The first-order chi connectivity index (χ1) is 11.6. The summed E-state index contributed by atoms with van der Waals surface area (Å²) in [5.74, 6) is -0.822. The zero-order valence-corrected chi connectivity index (χ0v) is 13.1. The van der Waals surface area contributed by atoms with Crippen molar-refractivity contribution < 1.29 is 18.3 Å². The van der Waals surface area contributed by atoms with E-state index in [9.17, 15) is 14.0 Å². The maximum absolute atomic E-state index is 13.2. The predicted molar refractivity (Wildman–Crippen MR) is 86.0 cm³/mol. The molecule has 0 radical (unpaired) electrons. The quantitative estimate of drug-likeness (QED) is 0.678. The highest BCUT2D eigenvalue weighted by Gasteiger charge is 2.32. The van der Waals surface area contributed by atoms with E-state index in [-0.39, 0.29) is 17.5 Å². The Kier molecular flexibility index (Phi) is 3.53. The van der Waals surface area contributed by atoms with Gasteiger partial charge in [0.25, 0.3) is 0 Å². The van der Waals surface area contributed by atoms with E-state index < -0.39 is 11.6 Å². The van der Waals surface area contributed by atoms with Gasteiger partial charge in [-0.05, 0) is 24.3 Å². The molecule has 0 saturated carbocycles. The van der Waals surface area contributed by atoms with Crippen LogP contribution < -0.4 is 10.5 Å². The van der Waals surface area contributed by atoms with Crippen molar-refractivity contribution in [3.05, 3.63) is 58.4 Å². The van der Waals surface area contributed by atoms with Gasteiger partial charge in [-0.15, -0.1) is 0 Å². The lowest BCUT2D eigenvalue weighted by molar-refractivity contribution is 0.0231. The molecular formula is C16H11FN2O4S. The lowest BCUT2D eigenvalue weighted by atomic mass is 10.2. The molecule has 0 amide bonds. The van der Waals surface area contributed by atoms with E-state index in [0.717, 1.165) is 21.6 Å². The molecule has 0 aliphatic carbocycles. The average Bonchev–Trinajstić information content (AvgIpc) is 2.93. The van der Waals surface area contributed by atoms with Crippen molar-refractivity contribution in [2.24, 2.45) is 0 Å². The Morgan fingerprint density at radius 1 is 1.33 bits per heavy atom. The smallest absolute Gasteiger partial charge is 0.341 e. The summed E-state index contributed by atoms with van der Waals surface area (Å²) in [5, 5.41) is 0.772. The number of benzene rings is 1. The summed E-state index contributed by atoms with van der Waals surface area (Å²) < 4.78 is 24.0. The number of rotatable bonds is 3. The van der Waals surface area contributed by atoms with Crippen molar-refractivity contribution in [1.82, 2.24) is 4.98 Å². The topological polar surface area (TPSA) is 72.6 Å². The molecule has 3 aromatic rings. The Morgan fingerprint density at radius 2 is 2.17 bits per heavy atom. The Balaban J connectivity index is 1.39. The molecule has 4 rings (SSSR count). The second-order valence-electron chi connectivity index (χ2n) is 5.38. The number of esters is 1. The minimum atomic E-state index is -0.533. The van der Waals surface area contributed by atoms with E-state index >= 15 is 0 Å². The second-order valence-corrected chi connectivity index (χ2v) is 6.39. The van der Waals surface area contributed by atoms with Crippen LogP contribution in [0.15, 0.2) is 45.8 Å². The van der Waals surface area contributed by atoms with Crippen molar-refractivity contribution in [3.63, 3.8) is 0 Å². The maximum Gasteiger partial charge on any atom is 0.341 e. The van der Waals surface area contributed by atoms with Gasteiger partial charge in [-0.1, -0.05) is 11.3 Å². The van der Waals surface area contributed by atoms with Crippen LogP contribution in [0, 0.1) is 5.82 Å². The van der Waals surface area contributed by atoms with Crippen molar-refractivity contribution in [2.45, 2.75) is 6.10 Å². The van der Waals surface area contributed by atoms with Gasteiger partial charge in [-0.25, -0.2) is 19.0 Å². The molecule has 0 unspecified atom stereocenters. The fourth-order valence-electron chi connectivity index (χ4n) is 2.38. The summed E-state index contributed by atoms with van der Waals surface area (Å²) in [6.45, 7) is 1.04. The number of thiazole rings is 1. The number of fused-ring (bicyclic) bond motifs is 1. The first kappa shape index (κ1) is 14.8. The number of ether oxygens (including phenoxy) is 1. The van der Waals surface area contributed by atoms with E-state index in [1.807, 2.05) is 4.90 Å². The van der Waals surface area contributed by atoms with E-state index in [0.29, 0.717) is 13.1 Å². The number of anilines is 1. The number of carbonyl (C=O) groups excluding carboxylic acids is 1. The van der Waals surface area contributed by atoms with Crippen LogP contribution in [0.1, 0.15) is 10.4 Å². The summed E-state index contributed by atoms with van der Waals surface area (Å²) in [5.41, 5.74) is 0.424. The van der Waals surface area contributed by atoms with E-state index in [2.05, 4.69) is 9.40 Å². The number of aromatic nitrogens is 1. The van der Waals surface area contributed by atoms with Crippen LogP contribution in [-0.4, -0.2) is 30.1 Å². The van der Waals surface area contributed by atoms with Crippen molar-refractivity contribution >= 4 is 32.7 Å². The van der Waals surface area contributed by atoms with E-state index in [1.165, 1.54) is 35.6 Å². The summed E-state index contributed by atoms with van der Waals surface area (Å²) in [4.78, 5) is 29.2. The molecule has 24 heavy (non-hydrogen) atoms. The van der Waals surface area contributed by atoms with Crippen molar-refractivity contribution in [1.29, 1.82) is 0 Å². The standard InChI is InChI=1S/C16H11FN2O4S/c17-10-2-3-12-13(5-10)24-16(18-12)19-6-11(7-19)23-15(21)9-1-4-14(20)22-8-9/h1-5,8,11H,6-7H2. The molecule has 2 aromatic heterocycles. The lowest BCUT2D eigenvalue weighted by Gasteiger charge is -2.38. The molecule has 3 heterocycles. The Morgan fingerprint density at radius 3 is 2.92 bits per heavy atom. The zero-order valence-electron chi connectivity index (χ0n) is 12.3. The van der Waals surface area contributed by atoms with Gasteiger partial charge < -0.3 is 14.1 Å². The van der Waals surface area contributed by atoms with Gasteiger partial charge in [0.2, 0.25) is 0 Å². The molecule has 1 fully saturated rings. The molecule has 6 nitrogen and oxygen atoms in total. The molecule has 0 atom stereocenters. The van der Waals surface area contributed by atoms with Crippen LogP contribution in [0.2, 0.25) is 0 Å². The highest BCUT2D eigenvalue weighted by atomic mass is 32.1. The van der Waals surface area contributed by atoms with Gasteiger partial charge in [-0.3, -0.25) is 0 Å². The Labute approximate surface area is 139 Å². The lowest BCUT2D eigenvalue weighted by Crippen LogP contribution is -2.53. The van der Waals surface area contributed by atoms with Gasteiger partial charge in [0.1, 0.15) is 18.2 Å². The summed E-state index contributed by atoms with van der Waals surface area (Å²) in [6.07, 6.45) is 0.830. The van der Waals surface area contributed by atoms with Crippen LogP contribution in [0.4, 0.5) is 9.52 Å². The third kappa shape index (κ3) is 2.76. The predicted octanol–water partition coefficient (Wildman–Crippen LogP) is 2.43. The molecule has 1 aliphatic rings. The second kappa shape index (κ2) is 5.72. The fraction of sp³-hybridized carbons (Fsp3) is 0.188. The monoisotopic (exact) mass is 346 g/mol. The zero-order chi connectivity index (χ0) is 16.7. The minimum absolute atomic E-state index is 0.198. The highest BCUT2D eigenvalue weighted by Crippen LogP contribution is 2.32. The van der Waals surface area contributed by atoms with Gasteiger partial charge >= 0.3 is 11.6 Å². The van der Waals surface area contributed by atoms with Crippen molar-refractivity contribution in [2.75, 3.05) is 18.0 Å². The minimum Gasteiger partial charge on any atom is -0.455 e. The first-order valence-electron chi connectivity index (χ1n) is 7.19. The number of carbonyl (C=O) groups is 1. The van der Waals surface area contributed by atoms with E-state index in [1.54, 1.807) is 6.07 Å².